The second kappa shape index (κ2) is 7.69. The molecule has 0 radical (unpaired) electrons. The van der Waals surface area contributed by atoms with Crippen LogP contribution in [0.5, 0.6) is 0 Å². The average molecular weight is 346 g/mol. The van der Waals surface area contributed by atoms with Crippen molar-refractivity contribution in [2.75, 3.05) is 6.54 Å². The Bertz CT molecular complexity index is 733. The van der Waals surface area contributed by atoms with Gasteiger partial charge in [-0.2, -0.15) is 0 Å². The van der Waals surface area contributed by atoms with Gasteiger partial charge in [-0.05, 0) is 61.4 Å². The molecule has 1 aliphatic heterocycles. The Morgan fingerprint density at radius 3 is 3.04 bits per heavy atom. The lowest BCUT2D eigenvalue weighted by atomic mass is 9.99. The summed E-state index contributed by atoms with van der Waals surface area (Å²) in [5.74, 6) is 0.0891. The number of nitrogens with zero attached hydrogens (tertiary/aromatic N) is 4. The van der Waals surface area contributed by atoms with Crippen molar-refractivity contribution < 1.29 is 9.18 Å². The highest BCUT2D eigenvalue weighted by atomic mass is 19.1. The van der Waals surface area contributed by atoms with Gasteiger partial charge in [0.1, 0.15) is 17.7 Å². The van der Waals surface area contributed by atoms with Crippen molar-refractivity contribution in [3.63, 3.8) is 0 Å². The van der Waals surface area contributed by atoms with Gasteiger partial charge < -0.3 is 10.6 Å². The van der Waals surface area contributed by atoms with Crippen LogP contribution in [0.4, 0.5) is 4.39 Å². The van der Waals surface area contributed by atoms with Crippen LogP contribution in [0.2, 0.25) is 0 Å². The summed E-state index contributed by atoms with van der Waals surface area (Å²) in [6.07, 6.45) is 2.10. The molecule has 2 N–H and O–H groups in total. The number of carbonyl (C=O) groups excluding carboxylic acids is 1. The predicted molar refractivity (Wildman–Crippen MR) is 90.3 cm³/mol. The van der Waals surface area contributed by atoms with Crippen molar-refractivity contribution in [2.24, 2.45) is 0 Å². The van der Waals surface area contributed by atoms with E-state index in [-0.39, 0.29) is 17.8 Å². The molecule has 8 heteroatoms. The molecule has 0 bridgehead atoms. The first-order valence-corrected chi connectivity index (χ1v) is 8.55. The SMILES string of the molecule is Cc1nnnn1C(Cc1cccc(F)c1)C(=O)NC1CCNC(C)C1. The number of aromatic nitrogens is 4. The Balaban J connectivity index is 1.78. The largest absolute Gasteiger partial charge is 0.351 e. The van der Waals surface area contributed by atoms with E-state index >= 15 is 0 Å². The third kappa shape index (κ3) is 4.39. The molecule has 3 rings (SSSR count). The van der Waals surface area contributed by atoms with Gasteiger partial charge in [0.15, 0.2) is 0 Å². The zero-order valence-electron chi connectivity index (χ0n) is 14.4. The third-order valence-corrected chi connectivity index (χ3v) is 4.54. The summed E-state index contributed by atoms with van der Waals surface area (Å²) in [7, 11) is 0. The van der Waals surface area contributed by atoms with E-state index in [2.05, 4.69) is 33.1 Å². The summed E-state index contributed by atoms with van der Waals surface area (Å²) in [5, 5.41) is 17.9. The fourth-order valence-corrected chi connectivity index (χ4v) is 3.26. The molecule has 0 saturated carbocycles. The van der Waals surface area contributed by atoms with Gasteiger partial charge in [0.05, 0.1) is 0 Å². The van der Waals surface area contributed by atoms with E-state index in [1.807, 2.05) is 0 Å². The predicted octanol–water partition coefficient (Wildman–Crippen LogP) is 1.16. The molecule has 1 saturated heterocycles. The van der Waals surface area contributed by atoms with Crippen molar-refractivity contribution in [1.82, 2.24) is 30.8 Å². The standard InChI is InChI=1S/C17H23FN6O/c1-11-8-15(6-7-19-11)20-17(25)16(24-12(2)21-22-23-24)10-13-4-3-5-14(18)9-13/h3-5,9,11,15-16,19H,6-8,10H2,1-2H3,(H,20,25). The highest BCUT2D eigenvalue weighted by Gasteiger charge is 2.28. The van der Waals surface area contributed by atoms with Gasteiger partial charge in [0.25, 0.3) is 0 Å². The number of piperidine rings is 1. The quantitative estimate of drug-likeness (QED) is 0.849. The van der Waals surface area contributed by atoms with Gasteiger partial charge in [0.2, 0.25) is 5.91 Å². The zero-order chi connectivity index (χ0) is 17.8. The number of benzene rings is 1. The van der Waals surface area contributed by atoms with Crippen molar-refractivity contribution in [2.45, 2.75) is 51.2 Å². The van der Waals surface area contributed by atoms with E-state index in [4.69, 9.17) is 0 Å². The highest BCUT2D eigenvalue weighted by molar-refractivity contribution is 5.80. The van der Waals surface area contributed by atoms with Crippen molar-refractivity contribution >= 4 is 5.91 Å². The van der Waals surface area contributed by atoms with Crippen LogP contribution in [0, 0.1) is 12.7 Å². The molecule has 1 aromatic heterocycles. The first-order chi connectivity index (χ1) is 12.0. The molecule has 1 aliphatic rings. The van der Waals surface area contributed by atoms with Crippen LogP contribution in [0.25, 0.3) is 0 Å². The fourth-order valence-electron chi connectivity index (χ4n) is 3.26. The maximum Gasteiger partial charge on any atom is 0.245 e. The number of tetrazole rings is 1. The number of halogens is 1. The topological polar surface area (TPSA) is 84.7 Å². The zero-order valence-corrected chi connectivity index (χ0v) is 14.4. The second-order valence-electron chi connectivity index (χ2n) is 6.61. The molecule has 0 spiro atoms. The summed E-state index contributed by atoms with van der Waals surface area (Å²) in [6, 6.07) is 6.15. The molecule has 7 nitrogen and oxygen atoms in total. The van der Waals surface area contributed by atoms with E-state index in [0.717, 1.165) is 24.9 Å². The maximum absolute atomic E-state index is 13.5. The Labute approximate surface area is 146 Å². The van der Waals surface area contributed by atoms with E-state index in [1.54, 1.807) is 19.1 Å². The minimum absolute atomic E-state index is 0.121. The van der Waals surface area contributed by atoms with E-state index in [0.29, 0.717) is 18.3 Å². The van der Waals surface area contributed by atoms with Gasteiger partial charge in [-0.3, -0.25) is 4.79 Å². The third-order valence-electron chi connectivity index (χ3n) is 4.54. The van der Waals surface area contributed by atoms with Crippen LogP contribution in [-0.4, -0.2) is 44.7 Å². The van der Waals surface area contributed by atoms with E-state index in [9.17, 15) is 9.18 Å². The smallest absolute Gasteiger partial charge is 0.245 e. The highest BCUT2D eigenvalue weighted by Crippen LogP contribution is 2.17. The number of amides is 1. The van der Waals surface area contributed by atoms with E-state index in [1.165, 1.54) is 16.8 Å². The molecule has 1 aromatic carbocycles. The minimum atomic E-state index is -0.609. The summed E-state index contributed by atoms with van der Waals surface area (Å²) in [6.45, 7) is 4.73. The number of aryl methyl sites for hydroxylation is 1. The normalized spacial score (nSPS) is 21.7. The minimum Gasteiger partial charge on any atom is -0.351 e. The molecular weight excluding hydrogens is 323 g/mol. The van der Waals surface area contributed by atoms with Crippen LogP contribution in [-0.2, 0) is 11.2 Å². The number of carbonyl (C=O) groups is 1. The van der Waals surface area contributed by atoms with Crippen LogP contribution in [0.1, 0.15) is 37.2 Å². The molecule has 1 fully saturated rings. The van der Waals surface area contributed by atoms with Gasteiger partial charge in [0, 0.05) is 18.5 Å². The van der Waals surface area contributed by atoms with Crippen LogP contribution >= 0.6 is 0 Å². The molecule has 3 atom stereocenters. The maximum atomic E-state index is 13.5. The lowest BCUT2D eigenvalue weighted by Crippen LogP contribution is -2.48. The summed E-state index contributed by atoms with van der Waals surface area (Å²) in [5.41, 5.74) is 0.730. The van der Waals surface area contributed by atoms with Crippen LogP contribution in [0.3, 0.4) is 0 Å². The molecule has 0 aliphatic carbocycles. The second-order valence-corrected chi connectivity index (χ2v) is 6.61. The number of rotatable bonds is 5. The first-order valence-electron chi connectivity index (χ1n) is 8.55. The summed E-state index contributed by atoms with van der Waals surface area (Å²) >= 11 is 0. The summed E-state index contributed by atoms with van der Waals surface area (Å²) < 4.78 is 15.0. The number of hydrogen-bond acceptors (Lipinski definition) is 5. The molecule has 2 heterocycles. The number of hydrogen-bond donors (Lipinski definition) is 2. The monoisotopic (exact) mass is 346 g/mol. The first kappa shape index (κ1) is 17.5. The Morgan fingerprint density at radius 2 is 2.36 bits per heavy atom. The van der Waals surface area contributed by atoms with Gasteiger partial charge >= 0.3 is 0 Å². The van der Waals surface area contributed by atoms with E-state index < -0.39 is 6.04 Å². The lowest BCUT2D eigenvalue weighted by molar-refractivity contribution is -0.125. The van der Waals surface area contributed by atoms with Crippen LogP contribution < -0.4 is 10.6 Å². The molecule has 2 aromatic rings. The van der Waals surface area contributed by atoms with Crippen LogP contribution in [0.15, 0.2) is 24.3 Å². The lowest BCUT2D eigenvalue weighted by Gasteiger charge is -2.30. The molecule has 25 heavy (non-hydrogen) atoms. The van der Waals surface area contributed by atoms with Gasteiger partial charge in [-0.1, -0.05) is 12.1 Å². The molecule has 1 amide bonds. The van der Waals surface area contributed by atoms with Crippen molar-refractivity contribution in [3.05, 3.63) is 41.5 Å². The molecular formula is C17H23FN6O. The number of nitrogens with one attached hydrogen (secondary N) is 2. The van der Waals surface area contributed by atoms with Gasteiger partial charge in [-0.25, -0.2) is 9.07 Å². The Kier molecular flexibility index (Phi) is 5.37. The Morgan fingerprint density at radius 1 is 1.52 bits per heavy atom. The summed E-state index contributed by atoms with van der Waals surface area (Å²) in [4.78, 5) is 12.9. The Hall–Kier alpha value is -2.35. The van der Waals surface area contributed by atoms with Gasteiger partial charge in [-0.15, -0.1) is 5.10 Å². The average Bonchev–Trinajstić information content (AvgIpc) is 2.98. The fraction of sp³-hybridized carbons (Fsp3) is 0.529. The molecule has 3 unspecified atom stereocenters. The molecule has 134 valence electrons. The van der Waals surface area contributed by atoms with Crippen molar-refractivity contribution in [3.8, 4) is 0 Å². The van der Waals surface area contributed by atoms with Crippen molar-refractivity contribution in [1.29, 1.82) is 0 Å².